The van der Waals surface area contributed by atoms with Gasteiger partial charge in [0.05, 0.1) is 0 Å². The maximum atomic E-state index is 5.67. The van der Waals surface area contributed by atoms with Gasteiger partial charge in [-0.25, -0.2) is 0 Å². The van der Waals surface area contributed by atoms with Crippen molar-refractivity contribution in [2.45, 2.75) is 12.8 Å². The molecule has 11 heavy (non-hydrogen) atoms. The van der Waals surface area contributed by atoms with Crippen molar-refractivity contribution in [3.8, 4) is 0 Å². The van der Waals surface area contributed by atoms with Gasteiger partial charge >= 0.3 is 0 Å². The van der Waals surface area contributed by atoms with Crippen LogP contribution in [-0.4, -0.2) is 6.54 Å². The lowest BCUT2D eigenvalue weighted by Crippen LogP contribution is -1.96. The van der Waals surface area contributed by atoms with Crippen molar-refractivity contribution in [1.82, 2.24) is 0 Å². The van der Waals surface area contributed by atoms with Crippen LogP contribution in [0.1, 0.15) is 12.5 Å². The summed E-state index contributed by atoms with van der Waals surface area (Å²) in [4.78, 5) is 0. The Bertz CT molecular complexity index is 223. The van der Waals surface area contributed by atoms with Crippen LogP contribution in [0.3, 0.4) is 0 Å². The Balaban J connectivity index is 2.74. The van der Waals surface area contributed by atoms with E-state index in [9.17, 15) is 0 Å². The number of anilines is 1. The highest BCUT2D eigenvalue weighted by atomic mass is 35.5. The maximum absolute atomic E-state index is 5.67. The quantitative estimate of drug-likeness (QED) is 0.687. The third kappa shape index (κ3) is 2.43. The van der Waals surface area contributed by atoms with Crippen molar-refractivity contribution in [2.24, 2.45) is 0 Å². The molecule has 1 aromatic carbocycles. The molecule has 0 aliphatic rings. The Labute approximate surface area is 72.4 Å². The van der Waals surface area contributed by atoms with Gasteiger partial charge in [0.15, 0.2) is 0 Å². The van der Waals surface area contributed by atoms with Gasteiger partial charge in [0.25, 0.3) is 0 Å². The van der Waals surface area contributed by atoms with E-state index in [0.29, 0.717) is 5.88 Å². The van der Waals surface area contributed by atoms with Crippen LogP contribution in [-0.2, 0) is 5.88 Å². The second-order valence-electron chi connectivity index (χ2n) is 2.36. The fourth-order valence-corrected chi connectivity index (χ4v) is 1.13. The molecule has 0 saturated heterocycles. The zero-order valence-electron chi connectivity index (χ0n) is 6.60. The van der Waals surface area contributed by atoms with Crippen molar-refractivity contribution >= 4 is 17.3 Å². The van der Waals surface area contributed by atoms with E-state index in [1.807, 2.05) is 18.2 Å². The first-order valence-electron chi connectivity index (χ1n) is 3.75. The number of rotatable bonds is 3. The first kappa shape index (κ1) is 8.41. The molecule has 0 unspecified atom stereocenters. The molecule has 0 spiro atoms. The highest BCUT2D eigenvalue weighted by Crippen LogP contribution is 2.11. The molecule has 0 atom stereocenters. The summed E-state index contributed by atoms with van der Waals surface area (Å²) < 4.78 is 0. The first-order valence-corrected chi connectivity index (χ1v) is 4.29. The minimum atomic E-state index is 0.583. The van der Waals surface area contributed by atoms with Crippen LogP contribution in [0.5, 0.6) is 0 Å². The Morgan fingerprint density at radius 1 is 1.45 bits per heavy atom. The molecule has 0 aliphatic heterocycles. The molecule has 0 aliphatic carbocycles. The van der Waals surface area contributed by atoms with Crippen molar-refractivity contribution in [3.63, 3.8) is 0 Å². The van der Waals surface area contributed by atoms with Gasteiger partial charge in [0.1, 0.15) is 0 Å². The maximum Gasteiger partial charge on any atom is 0.0474 e. The minimum Gasteiger partial charge on any atom is -0.385 e. The number of halogens is 1. The summed E-state index contributed by atoms with van der Waals surface area (Å²) in [7, 11) is 0. The second kappa shape index (κ2) is 4.24. The van der Waals surface area contributed by atoms with Crippen LogP contribution in [0.2, 0.25) is 0 Å². The summed E-state index contributed by atoms with van der Waals surface area (Å²) in [5.41, 5.74) is 2.30. The van der Waals surface area contributed by atoms with Gasteiger partial charge in [-0.3, -0.25) is 0 Å². The fourth-order valence-electron chi connectivity index (χ4n) is 0.969. The summed E-state index contributed by atoms with van der Waals surface area (Å²) >= 11 is 5.67. The van der Waals surface area contributed by atoms with Crippen LogP contribution in [0, 0.1) is 0 Å². The van der Waals surface area contributed by atoms with Gasteiger partial charge in [-0.05, 0) is 24.6 Å². The Morgan fingerprint density at radius 2 is 2.27 bits per heavy atom. The zero-order valence-corrected chi connectivity index (χ0v) is 7.36. The Kier molecular flexibility index (Phi) is 3.24. The van der Waals surface area contributed by atoms with Crippen LogP contribution in [0.4, 0.5) is 5.69 Å². The molecule has 1 nitrogen and oxygen atoms in total. The van der Waals surface area contributed by atoms with Gasteiger partial charge in [0.2, 0.25) is 0 Å². The monoisotopic (exact) mass is 169 g/mol. The molecule has 0 bridgehead atoms. The SMILES string of the molecule is CCNc1cccc(CCl)c1. The van der Waals surface area contributed by atoms with Crippen LogP contribution < -0.4 is 5.32 Å². The van der Waals surface area contributed by atoms with Crippen LogP contribution in [0.15, 0.2) is 24.3 Å². The smallest absolute Gasteiger partial charge is 0.0474 e. The number of hydrogen-bond acceptors (Lipinski definition) is 1. The van der Waals surface area contributed by atoms with E-state index in [-0.39, 0.29) is 0 Å². The van der Waals surface area contributed by atoms with Crippen molar-refractivity contribution in [2.75, 3.05) is 11.9 Å². The van der Waals surface area contributed by atoms with E-state index in [2.05, 4.69) is 18.3 Å². The Morgan fingerprint density at radius 3 is 2.91 bits per heavy atom. The lowest BCUT2D eigenvalue weighted by atomic mass is 10.2. The number of benzene rings is 1. The standard InChI is InChI=1S/C9H12ClN/c1-2-11-9-5-3-4-8(6-9)7-10/h3-6,11H,2,7H2,1H3. The fraction of sp³-hybridized carbons (Fsp3) is 0.333. The van der Waals surface area contributed by atoms with E-state index >= 15 is 0 Å². The van der Waals surface area contributed by atoms with Crippen LogP contribution in [0.25, 0.3) is 0 Å². The number of hydrogen-bond donors (Lipinski definition) is 1. The molecule has 1 rings (SSSR count). The average Bonchev–Trinajstić information content (AvgIpc) is 2.06. The molecular formula is C9H12ClN. The van der Waals surface area contributed by atoms with Gasteiger partial charge in [-0.15, -0.1) is 11.6 Å². The molecule has 0 saturated carbocycles. The zero-order chi connectivity index (χ0) is 8.10. The summed E-state index contributed by atoms with van der Waals surface area (Å²) in [5.74, 6) is 0.583. The molecule has 0 heterocycles. The topological polar surface area (TPSA) is 12.0 Å². The summed E-state index contributed by atoms with van der Waals surface area (Å²) in [6, 6.07) is 8.14. The van der Waals surface area contributed by atoms with Gasteiger partial charge in [-0.2, -0.15) is 0 Å². The predicted molar refractivity (Wildman–Crippen MR) is 50.2 cm³/mol. The summed E-state index contributed by atoms with van der Waals surface area (Å²) in [6.07, 6.45) is 0. The van der Waals surface area contributed by atoms with Gasteiger partial charge < -0.3 is 5.32 Å². The molecular weight excluding hydrogens is 158 g/mol. The molecule has 0 aromatic heterocycles. The average molecular weight is 170 g/mol. The van der Waals surface area contributed by atoms with Crippen molar-refractivity contribution in [3.05, 3.63) is 29.8 Å². The molecule has 1 N–H and O–H groups in total. The highest BCUT2D eigenvalue weighted by molar-refractivity contribution is 6.17. The molecule has 0 amide bonds. The third-order valence-corrected chi connectivity index (χ3v) is 1.77. The largest absolute Gasteiger partial charge is 0.385 e. The minimum absolute atomic E-state index is 0.583. The lowest BCUT2D eigenvalue weighted by Gasteiger charge is -2.03. The highest BCUT2D eigenvalue weighted by Gasteiger charge is 1.91. The predicted octanol–water partition coefficient (Wildman–Crippen LogP) is 2.86. The third-order valence-electron chi connectivity index (χ3n) is 1.46. The normalized spacial score (nSPS) is 9.64. The second-order valence-corrected chi connectivity index (χ2v) is 2.63. The molecule has 60 valence electrons. The van der Waals surface area contributed by atoms with E-state index in [1.54, 1.807) is 0 Å². The number of alkyl halides is 1. The first-order chi connectivity index (χ1) is 5.36. The summed E-state index contributed by atoms with van der Waals surface area (Å²) in [5, 5.41) is 3.22. The van der Waals surface area contributed by atoms with E-state index < -0.39 is 0 Å². The van der Waals surface area contributed by atoms with Crippen molar-refractivity contribution < 1.29 is 0 Å². The van der Waals surface area contributed by atoms with Gasteiger partial charge in [0, 0.05) is 18.1 Å². The van der Waals surface area contributed by atoms with Crippen LogP contribution >= 0.6 is 11.6 Å². The van der Waals surface area contributed by atoms with Crippen molar-refractivity contribution in [1.29, 1.82) is 0 Å². The van der Waals surface area contributed by atoms with E-state index in [4.69, 9.17) is 11.6 Å². The Hall–Kier alpha value is -0.690. The molecule has 1 aromatic rings. The lowest BCUT2D eigenvalue weighted by molar-refractivity contribution is 1.21. The molecule has 2 heteroatoms. The summed E-state index contributed by atoms with van der Waals surface area (Å²) in [6.45, 7) is 3.03. The molecule has 0 radical (unpaired) electrons. The number of nitrogens with one attached hydrogen (secondary N) is 1. The van der Waals surface area contributed by atoms with Gasteiger partial charge in [-0.1, -0.05) is 12.1 Å². The van der Waals surface area contributed by atoms with E-state index in [1.165, 1.54) is 0 Å². The molecule has 0 fully saturated rings. The van der Waals surface area contributed by atoms with E-state index in [0.717, 1.165) is 17.8 Å².